The fourth-order valence-corrected chi connectivity index (χ4v) is 14.9. The molecular weight excluding hydrogens is 615 g/mol. The molecule has 2 fully saturated rings. The summed E-state index contributed by atoms with van der Waals surface area (Å²) in [6.45, 7) is 11.0. The quantitative estimate of drug-likeness (QED) is 0.223. The van der Waals surface area contributed by atoms with Crippen molar-refractivity contribution in [3.8, 4) is 0 Å². The van der Waals surface area contributed by atoms with Crippen molar-refractivity contribution in [3.05, 3.63) is 107 Å². The molecule has 2 aliphatic rings. The van der Waals surface area contributed by atoms with Crippen LogP contribution in [-0.2, 0) is 41.7 Å². The second-order valence-electron chi connectivity index (χ2n) is 11.8. The van der Waals surface area contributed by atoms with Crippen LogP contribution in [0, 0.1) is 10.8 Å². The first-order valence-corrected chi connectivity index (χ1v) is 21.5. The van der Waals surface area contributed by atoms with Gasteiger partial charge in [-0.05, 0) is 45.9 Å². The fourth-order valence-electron chi connectivity index (χ4n) is 4.32. The molecule has 5 rings (SSSR count). The SMILES string of the molecule is CC1(C)COP(=S)(SC(c2ccccc2)c2cccc(C(SP3(=S)OCC(C)(C)CO3)c3ccccc3)c2)OC1. The normalized spacial score (nSPS) is 22.7. The zero-order valence-corrected chi connectivity index (χ0v) is 28.3. The topological polar surface area (TPSA) is 36.9 Å². The Morgan fingerprint density at radius 2 is 0.875 bits per heavy atom. The van der Waals surface area contributed by atoms with Crippen molar-refractivity contribution in [2.45, 2.75) is 38.2 Å². The molecule has 0 N–H and O–H groups in total. The van der Waals surface area contributed by atoms with E-state index in [1.165, 1.54) is 11.1 Å². The van der Waals surface area contributed by atoms with Crippen molar-refractivity contribution in [1.82, 2.24) is 0 Å². The average molecular weight is 651 g/mol. The average Bonchev–Trinajstić information content (AvgIpc) is 2.95. The summed E-state index contributed by atoms with van der Waals surface area (Å²) in [5.74, 6) is 0. The summed E-state index contributed by atoms with van der Waals surface area (Å²) in [5, 5.41) is -0.0743. The molecular formula is C30H36O4P2S4. The molecule has 0 bridgehead atoms. The second-order valence-corrected chi connectivity index (χ2v) is 24.4. The highest BCUT2D eigenvalue weighted by molar-refractivity contribution is 8.68. The molecule has 3 aromatic carbocycles. The fraction of sp³-hybridized carbons (Fsp3) is 0.400. The van der Waals surface area contributed by atoms with Crippen LogP contribution in [0.2, 0.25) is 0 Å². The third-order valence-electron chi connectivity index (χ3n) is 6.64. The van der Waals surface area contributed by atoms with Gasteiger partial charge in [-0.2, -0.15) is 0 Å². The van der Waals surface area contributed by atoms with Gasteiger partial charge in [0.2, 0.25) is 11.4 Å². The number of hydrogen-bond donors (Lipinski definition) is 0. The summed E-state index contributed by atoms with van der Waals surface area (Å²) in [6, 6.07) is 29.7. The maximum atomic E-state index is 6.25. The predicted octanol–water partition coefficient (Wildman–Crippen LogP) is 9.93. The minimum absolute atomic E-state index is 0.0348. The molecule has 10 heteroatoms. The molecule has 0 spiro atoms. The third-order valence-corrected chi connectivity index (χ3v) is 17.3. The number of benzene rings is 3. The molecule has 2 saturated heterocycles. The van der Waals surface area contributed by atoms with E-state index in [2.05, 4.69) is 100 Å². The van der Waals surface area contributed by atoms with Crippen LogP contribution in [0.3, 0.4) is 0 Å². The van der Waals surface area contributed by atoms with Crippen LogP contribution in [0.15, 0.2) is 84.9 Å². The highest BCUT2D eigenvalue weighted by Crippen LogP contribution is 2.71. The smallest absolute Gasteiger partial charge is 0.248 e. The van der Waals surface area contributed by atoms with Gasteiger partial charge in [-0.25, -0.2) is 0 Å². The largest absolute Gasteiger partial charge is 0.321 e. The summed E-state index contributed by atoms with van der Waals surface area (Å²) in [6.07, 6.45) is 0. The third kappa shape index (κ3) is 7.90. The molecule has 4 nitrogen and oxygen atoms in total. The van der Waals surface area contributed by atoms with Crippen molar-refractivity contribution in [1.29, 1.82) is 0 Å². The van der Waals surface area contributed by atoms with Crippen molar-refractivity contribution in [2.24, 2.45) is 10.8 Å². The molecule has 0 aliphatic carbocycles. The van der Waals surface area contributed by atoms with Crippen LogP contribution >= 0.6 is 34.2 Å². The highest BCUT2D eigenvalue weighted by atomic mass is 32.9. The van der Waals surface area contributed by atoms with Gasteiger partial charge in [-0.15, -0.1) is 0 Å². The lowest BCUT2D eigenvalue weighted by Crippen LogP contribution is -2.28. The molecule has 2 unspecified atom stereocenters. The van der Waals surface area contributed by atoms with Crippen LogP contribution in [0.25, 0.3) is 0 Å². The van der Waals surface area contributed by atoms with Crippen molar-refractivity contribution in [2.75, 3.05) is 26.4 Å². The Morgan fingerprint density at radius 3 is 1.23 bits per heavy atom. The summed E-state index contributed by atoms with van der Waals surface area (Å²) in [4.78, 5) is 0. The summed E-state index contributed by atoms with van der Waals surface area (Å²) in [5.41, 5.74) is -0.497. The number of rotatable bonds is 8. The van der Waals surface area contributed by atoms with E-state index in [4.69, 9.17) is 41.7 Å². The number of hydrogen-bond acceptors (Lipinski definition) is 8. The summed E-state index contributed by atoms with van der Waals surface area (Å²) < 4.78 is 25.0. The van der Waals surface area contributed by atoms with Crippen LogP contribution in [0.5, 0.6) is 0 Å². The van der Waals surface area contributed by atoms with Gasteiger partial charge in [0.1, 0.15) is 0 Å². The first-order valence-electron chi connectivity index (χ1n) is 13.3. The van der Waals surface area contributed by atoms with E-state index in [9.17, 15) is 0 Å². The van der Waals surface area contributed by atoms with E-state index in [1.807, 2.05) is 12.1 Å². The van der Waals surface area contributed by atoms with Gasteiger partial charge < -0.3 is 18.1 Å². The molecule has 2 aliphatic heterocycles. The first-order chi connectivity index (χ1) is 19.0. The molecule has 0 radical (unpaired) electrons. The zero-order chi connectivity index (χ0) is 28.4. The van der Waals surface area contributed by atoms with E-state index in [0.717, 1.165) is 11.1 Å². The van der Waals surface area contributed by atoms with Gasteiger partial charge in [0, 0.05) is 10.8 Å². The molecule has 214 valence electrons. The lowest BCUT2D eigenvalue weighted by Gasteiger charge is -2.38. The van der Waals surface area contributed by atoms with Crippen LogP contribution in [0.4, 0.5) is 0 Å². The van der Waals surface area contributed by atoms with E-state index in [0.29, 0.717) is 26.4 Å². The van der Waals surface area contributed by atoms with Gasteiger partial charge >= 0.3 is 0 Å². The Kier molecular flexibility index (Phi) is 9.76. The Labute approximate surface area is 257 Å². The molecule has 2 atom stereocenters. The van der Waals surface area contributed by atoms with E-state index < -0.39 is 11.4 Å². The van der Waals surface area contributed by atoms with Crippen LogP contribution in [-0.4, -0.2) is 26.4 Å². The van der Waals surface area contributed by atoms with E-state index in [1.54, 1.807) is 22.8 Å². The maximum absolute atomic E-state index is 6.25. The molecule has 0 saturated carbocycles. The molecule has 0 amide bonds. The van der Waals surface area contributed by atoms with Gasteiger partial charge in [0.25, 0.3) is 0 Å². The van der Waals surface area contributed by atoms with Crippen molar-refractivity contribution >= 4 is 57.8 Å². The van der Waals surface area contributed by atoms with Crippen molar-refractivity contribution < 1.29 is 18.1 Å². The van der Waals surface area contributed by atoms with Gasteiger partial charge in [0.05, 0.1) is 36.9 Å². The minimum atomic E-state index is -2.54. The first kappa shape index (κ1) is 30.9. The Morgan fingerprint density at radius 1 is 0.550 bits per heavy atom. The second kappa shape index (κ2) is 12.6. The minimum Gasteiger partial charge on any atom is -0.321 e. The monoisotopic (exact) mass is 650 g/mol. The molecule has 2 heterocycles. The summed E-state index contributed by atoms with van der Waals surface area (Å²) >= 11 is 15.3. The highest BCUT2D eigenvalue weighted by Gasteiger charge is 2.38. The molecule has 3 aromatic rings. The lowest BCUT2D eigenvalue weighted by atomic mass is 9.97. The van der Waals surface area contributed by atoms with Gasteiger partial charge in [-0.3, -0.25) is 0 Å². The predicted molar refractivity (Wildman–Crippen MR) is 178 cm³/mol. The molecule has 0 aromatic heterocycles. The van der Waals surface area contributed by atoms with Crippen molar-refractivity contribution in [3.63, 3.8) is 0 Å². The maximum Gasteiger partial charge on any atom is 0.248 e. The Bertz CT molecular complexity index is 1270. The van der Waals surface area contributed by atoms with Crippen LogP contribution in [0.1, 0.15) is 60.4 Å². The Hall–Kier alpha value is -0.500. The Balaban J connectivity index is 1.49. The van der Waals surface area contributed by atoms with Crippen LogP contribution < -0.4 is 0 Å². The standard InChI is InChI=1S/C30H36O4P2S4/c1-29(2)19-31-35(37,32-20-29)39-27(23-12-7-5-8-13-23)25-16-11-17-26(18-25)28(24-14-9-6-10-15-24)40-36(38)33-21-30(3,4)22-34-36/h5-18,27-28H,19-22H2,1-4H3. The van der Waals surface area contributed by atoms with E-state index >= 15 is 0 Å². The molecule has 40 heavy (non-hydrogen) atoms. The van der Waals surface area contributed by atoms with E-state index in [-0.39, 0.29) is 21.3 Å². The summed E-state index contributed by atoms with van der Waals surface area (Å²) in [7, 11) is 0. The lowest BCUT2D eigenvalue weighted by molar-refractivity contribution is 0.0671. The van der Waals surface area contributed by atoms with Gasteiger partial charge in [-0.1, -0.05) is 135 Å². The van der Waals surface area contributed by atoms with Gasteiger partial charge in [0.15, 0.2) is 0 Å². The zero-order valence-electron chi connectivity index (χ0n) is 23.2.